The summed E-state index contributed by atoms with van der Waals surface area (Å²) in [6, 6.07) is 6.41. The van der Waals surface area contributed by atoms with Crippen molar-refractivity contribution in [3.05, 3.63) is 30.1 Å². The van der Waals surface area contributed by atoms with E-state index >= 15 is 0 Å². The molecular weight excluding hydrogens is 270 g/mol. The third-order valence-corrected chi connectivity index (χ3v) is 4.61. The zero-order chi connectivity index (χ0) is 14.2. The number of amides is 1. The first kappa shape index (κ1) is 15.3. The van der Waals surface area contributed by atoms with Gasteiger partial charge in [0.15, 0.2) is 0 Å². The molecule has 1 aromatic rings. The van der Waals surface area contributed by atoms with Crippen molar-refractivity contribution in [2.24, 2.45) is 0 Å². The number of aromatic nitrogens is 1. The molecule has 0 bridgehead atoms. The summed E-state index contributed by atoms with van der Waals surface area (Å²) < 4.78 is 0. The topological polar surface area (TPSA) is 45.2 Å². The lowest BCUT2D eigenvalue weighted by Crippen LogP contribution is -2.47. The molecule has 5 heteroatoms. The smallest absolute Gasteiger partial charge is 0.223 e. The van der Waals surface area contributed by atoms with Crippen molar-refractivity contribution in [3.63, 3.8) is 0 Å². The maximum absolute atomic E-state index is 12.1. The van der Waals surface area contributed by atoms with E-state index in [1.54, 1.807) is 11.8 Å². The number of carbonyl (C=O) groups is 1. The summed E-state index contributed by atoms with van der Waals surface area (Å²) >= 11 is 1.78. The van der Waals surface area contributed by atoms with Gasteiger partial charge in [0, 0.05) is 43.3 Å². The summed E-state index contributed by atoms with van der Waals surface area (Å²) in [6.07, 6.45) is 4.73. The lowest BCUT2D eigenvalue weighted by molar-refractivity contribution is -0.132. The van der Waals surface area contributed by atoms with Crippen LogP contribution in [-0.2, 0) is 10.5 Å². The Kier molecular flexibility index (Phi) is 6.33. The zero-order valence-electron chi connectivity index (χ0n) is 12.0. The van der Waals surface area contributed by atoms with Gasteiger partial charge >= 0.3 is 0 Å². The number of hydrogen-bond donors (Lipinski definition) is 1. The third kappa shape index (κ3) is 4.80. The number of hydrogen-bond acceptors (Lipinski definition) is 4. The van der Waals surface area contributed by atoms with E-state index in [2.05, 4.69) is 10.3 Å². The normalized spacial score (nSPS) is 19.1. The van der Waals surface area contributed by atoms with Crippen LogP contribution in [0.1, 0.15) is 25.0 Å². The minimum Gasteiger partial charge on any atom is -0.341 e. The molecule has 0 saturated carbocycles. The Balaban J connectivity index is 1.65. The van der Waals surface area contributed by atoms with Crippen LogP contribution in [0.2, 0.25) is 0 Å². The van der Waals surface area contributed by atoms with Crippen LogP contribution in [0.25, 0.3) is 0 Å². The molecule has 1 aromatic heterocycles. The molecule has 1 fully saturated rings. The number of thioether (sulfide) groups is 1. The van der Waals surface area contributed by atoms with Gasteiger partial charge < -0.3 is 10.2 Å². The number of piperidine rings is 1. The number of likely N-dealkylation sites (tertiary alicyclic amines) is 1. The molecule has 20 heavy (non-hydrogen) atoms. The number of pyridine rings is 1. The maximum Gasteiger partial charge on any atom is 0.223 e. The number of carbonyl (C=O) groups excluding carboxylic acids is 1. The molecule has 1 unspecified atom stereocenters. The molecule has 1 saturated heterocycles. The average Bonchev–Trinajstić information content (AvgIpc) is 2.52. The molecule has 1 N–H and O–H groups in total. The van der Waals surface area contributed by atoms with Gasteiger partial charge in [0.2, 0.25) is 5.91 Å². The molecule has 0 spiro atoms. The van der Waals surface area contributed by atoms with Gasteiger partial charge in [-0.1, -0.05) is 6.07 Å². The molecule has 0 aliphatic carbocycles. The van der Waals surface area contributed by atoms with Crippen LogP contribution in [0, 0.1) is 0 Å². The molecule has 1 atom stereocenters. The molecule has 1 aliphatic heterocycles. The van der Waals surface area contributed by atoms with E-state index in [9.17, 15) is 4.79 Å². The number of rotatable bonds is 6. The highest BCUT2D eigenvalue weighted by Gasteiger charge is 2.21. The molecule has 1 amide bonds. The Morgan fingerprint density at radius 3 is 3.20 bits per heavy atom. The van der Waals surface area contributed by atoms with Crippen LogP contribution < -0.4 is 5.32 Å². The first-order valence-corrected chi connectivity index (χ1v) is 8.37. The molecule has 2 heterocycles. The Morgan fingerprint density at radius 2 is 2.45 bits per heavy atom. The fraction of sp³-hybridized carbons (Fsp3) is 0.600. The largest absolute Gasteiger partial charge is 0.341 e. The van der Waals surface area contributed by atoms with Gasteiger partial charge in [-0.2, -0.15) is 11.8 Å². The maximum atomic E-state index is 12.1. The molecule has 110 valence electrons. The Hall–Kier alpha value is -1.07. The first-order valence-electron chi connectivity index (χ1n) is 7.22. The quantitative estimate of drug-likeness (QED) is 0.814. The lowest BCUT2D eigenvalue weighted by atomic mass is 10.1. The van der Waals surface area contributed by atoms with Gasteiger partial charge in [0.25, 0.3) is 0 Å². The fourth-order valence-electron chi connectivity index (χ4n) is 2.42. The summed E-state index contributed by atoms with van der Waals surface area (Å²) in [4.78, 5) is 18.4. The Bertz CT molecular complexity index is 413. The summed E-state index contributed by atoms with van der Waals surface area (Å²) in [5, 5.41) is 3.27. The molecular formula is C15H23N3OS. The van der Waals surface area contributed by atoms with Crippen molar-refractivity contribution < 1.29 is 4.79 Å². The van der Waals surface area contributed by atoms with Gasteiger partial charge in [-0.25, -0.2) is 0 Å². The van der Waals surface area contributed by atoms with Gasteiger partial charge in [0.05, 0.1) is 5.69 Å². The lowest BCUT2D eigenvalue weighted by Gasteiger charge is -2.32. The number of nitrogens with one attached hydrogen (secondary N) is 1. The van der Waals surface area contributed by atoms with E-state index in [4.69, 9.17) is 0 Å². The number of likely N-dealkylation sites (N-methyl/N-ethyl adjacent to an activating group) is 1. The Morgan fingerprint density at radius 1 is 1.55 bits per heavy atom. The summed E-state index contributed by atoms with van der Waals surface area (Å²) in [5.41, 5.74) is 1.08. The van der Waals surface area contributed by atoms with Crippen molar-refractivity contribution in [2.45, 2.75) is 31.1 Å². The van der Waals surface area contributed by atoms with Crippen molar-refractivity contribution in [3.8, 4) is 0 Å². The van der Waals surface area contributed by atoms with E-state index in [0.717, 1.165) is 36.7 Å². The summed E-state index contributed by atoms with van der Waals surface area (Å²) in [5.74, 6) is 2.04. The van der Waals surface area contributed by atoms with Crippen molar-refractivity contribution >= 4 is 17.7 Å². The second-order valence-electron chi connectivity index (χ2n) is 5.09. The zero-order valence-corrected chi connectivity index (χ0v) is 12.9. The van der Waals surface area contributed by atoms with Crippen LogP contribution in [0.5, 0.6) is 0 Å². The molecule has 4 nitrogen and oxygen atoms in total. The fourth-order valence-corrected chi connectivity index (χ4v) is 3.26. The van der Waals surface area contributed by atoms with Gasteiger partial charge in [0.1, 0.15) is 0 Å². The van der Waals surface area contributed by atoms with Gasteiger partial charge in [-0.3, -0.25) is 9.78 Å². The van der Waals surface area contributed by atoms with E-state index in [-0.39, 0.29) is 0 Å². The standard InChI is InChI=1S/C15H23N3OS/c1-16-13-6-4-9-18(11-13)15(19)7-10-20-12-14-5-2-3-8-17-14/h2-3,5,8,13,16H,4,6-7,9-12H2,1H3. The monoisotopic (exact) mass is 293 g/mol. The SMILES string of the molecule is CNC1CCCN(C(=O)CCSCc2ccccn2)C1. The second-order valence-corrected chi connectivity index (χ2v) is 6.20. The predicted molar refractivity (Wildman–Crippen MR) is 83.7 cm³/mol. The molecule has 0 radical (unpaired) electrons. The summed E-state index contributed by atoms with van der Waals surface area (Å²) in [6.45, 7) is 1.78. The predicted octanol–water partition coefficient (Wildman–Crippen LogP) is 1.92. The van der Waals surface area contributed by atoms with E-state index < -0.39 is 0 Å². The molecule has 0 aromatic carbocycles. The minimum atomic E-state index is 0.290. The van der Waals surface area contributed by atoms with Gasteiger partial charge in [-0.15, -0.1) is 0 Å². The minimum absolute atomic E-state index is 0.290. The van der Waals surface area contributed by atoms with Crippen LogP contribution in [0.4, 0.5) is 0 Å². The van der Waals surface area contributed by atoms with Crippen molar-refractivity contribution in [1.29, 1.82) is 0 Å². The summed E-state index contributed by atoms with van der Waals surface area (Å²) in [7, 11) is 1.97. The van der Waals surface area contributed by atoms with E-state index in [1.807, 2.05) is 36.3 Å². The average molecular weight is 293 g/mol. The first-order chi connectivity index (χ1) is 9.79. The van der Waals surface area contributed by atoms with Crippen LogP contribution >= 0.6 is 11.8 Å². The van der Waals surface area contributed by atoms with E-state index in [0.29, 0.717) is 18.4 Å². The van der Waals surface area contributed by atoms with Crippen molar-refractivity contribution in [2.75, 3.05) is 25.9 Å². The second kappa shape index (κ2) is 8.27. The van der Waals surface area contributed by atoms with Crippen LogP contribution in [0.15, 0.2) is 24.4 Å². The van der Waals surface area contributed by atoms with Gasteiger partial charge in [-0.05, 0) is 32.0 Å². The highest BCUT2D eigenvalue weighted by Crippen LogP contribution is 2.14. The van der Waals surface area contributed by atoms with Crippen molar-refractivity contribution in [1.82, 2.24) is 15.2 Å². The van der Waals surface area contributed by atoms with E-state index in [1.165, 1.54) is 6.42 Å². The highest BCUT2D eigenvalue weighted by atomic mass is 32.2. The number of nitrogens with zero attached hydrogens (tertiary/aromatic N) is 2. The molecule has 1 aliphatic rings. The molecule has 2 rings (SSSR count). The van der Waals surface area contributed by atoms with Crippen LogP contribution in [0.3, 0.4) is 0 Å². The third-order valence-electron chi connectivity index (χ3n) is 3.62. The Labute approximate surface area is 125 Å². The van der Waals surface area contributed by atoms with Crippen LogP contribution in [-0.4, -0.2) is 47.7 Å². The highest BCUT2D eigenvalue weighted by molar-refractivity contribution is 7.98.